The van der Waals surface area contributed by atoms with Gasteiger partial charge in [-0.05, 0) is 13.8 Å². The highest BCUT2D eigenvalue weighted by Gasteiger charge is 1.99. The summed E-state index contributed by atoms with van der Waals surface area (Å²) in [5.41, 5.74) is 1.43. The van der Waals surface area contributed by atoms with Gasteiger partial charge < -0.3 is 0 Å². The summed E-state index contributed by atoms with van der Waals surface area (Å²) in [6.07, 6.45) is 6.71. The molecule has 1 aromatic rings. The number of pyridine rings is 1. The summed E-state index contributed by atoms with van der Waals surface area (Å²) in [4.78, 5) is 7.59. The Morgan fingerprint density at radius 3 is 2.85 bits per heavy atom. The topological polar surface area (TPSA) is 25.2 Å². The van der Waals surface area contributed by atoms with E-state index in [1.807, 2.05) is 19.9 Å². The first-order valence-electron chi connectivity index (χ1n) is 4.05. The van der Waals surface area contributed by atoms with E-state index in [9.17, 15) is 4.39 Å². The van der Waals surface area contributed by atoms with E-state index >= 15 is 0 Å². The van der Waals surface area contributed by atoms with Crippen molar-refractivity contribution in [3.63, 3.8) is 0 Å². The summed E-state index contributed by atoms with van der Waals surface area (Å²) < 4.78 is 12.7. The van der Waals surface area contributed by atoms with Crippen molar-refractivity contribution in [2.24, 2.45) is 4.99 Å². The molecule has 0 fully saturated rings. The van der Waals surface area contributed by atoms with Gasteiger partial charge in [0.05, 0.1) is 11.9 Å². The van der Waals surface area contributed by atoms with Gasteiger partial charge in [0.15, 0.2) is 0 Å². The molecule has 0 saturated carbocycles. The van der Waals surface area contributed by atoms with Gasteiger partial charge in [0.1, 0.15) is 0 Å². The van der Waals surface area contributed by atoms with Crippen LogP contribution >= 0.6 is 0 Å². The van der Waals surface area contributed by atoms with E-state index in [-0.39, 0.29) is 0 Å². The van der Waals surface area contributed by atoms with Gasteiger partial charge in [0.2, 0.25) is 5.95 Å². The molecule has 1 rings (SSSR count). The molecule has 0 atom stereocenters. The zero-order chi connectivity index (χ0) is 9.68. The Balaban J connectivity index is 3.18. The van der Waals surface area contributed by atoms with Crippen LogP contribution in [0.3, 0.4) is 0 Å². The molecule has 0 radical (unpaired) electrons. The Morgan fingerprint density at radius 2 is 2.23 bits per heavy atom. The molecule has 0 aromatic carbocycles. The lowest BCUT2D eigenvalue weighted by atomic mass is 10.2. The molecule has 2 nitrogen and oxygen atoms in total. The van der Waals surface area contributed by atoms with Crippen LogP contribution in [0.4, 0.5) is 10.1 Å². The van der Waals surface area contributed by atoms with Crippen molar-refractivity contribution in [3.8, 4) is 0 Å². The zero-order valence-electron chi connectivity index (χ0n) is 7.66. The van der Waals surface area contributed by atoms with Crippen LogP contribution in [0, 0.1) is 5.95 Å². The summed E-state index contributed by atoms with van der Waals surface area (Å²) in [5, 5.41) is 0. The van der Waals surface area contributed by atoms with Crippen LogP contribution in [0.2, 0.25) is 0 Å². The molecule has 0 bridgehead atoms. The first-order chi connectivity index (χ1) is 6.27. The number of aromatic nitrogens is 1. The van der Waals surface area contributed by atoms with Gasteiger partial charge in [-0.2, -0.15) is 4.39 Å². The zero-order valence-corrected chi connectivity index (χ0v) is 7.66. The number of nitrogens with zero attached hydrogens (tertiary/aromatic N) is 2. The standard InChI is InChI=1S/C10H11FN2/c1-3-5-8-6-10(11)13-7-9(8)12-4-2/h3-7H,1-2H3/b5-3-,12-4?. The lowest BCUT2D eigenvalue weighted by Gasteiger charge is -1.98. The minimum absolute atomic E-state index is 0.483. The summed E-state index contributed by atoms with van der Waals surface area (Å²) in [7, 11) is 0. The van der Waals surface area contributed by atoms with Gasteiger partial charge in [-0.3, -0.25) is 4.99 Å². The highest BCUT2D eigenvalue weighted by Crippen LogP contribution is 2.19. The SMILES string of the molecule is CC=Nc1cnc(F)cc1/C=C\C. The molecule has 0 amide bonds. The fourth-order valence-electron chi connectivity index (χ4n) is 0.997. The summed E-state index contributed by atoms with van der Waals surface area (Å²) in [5.74, 6) is -0.483. The number of aliphatic imine (C=N–C) groups is 1. The third kappa shape index (κ3) is 2.47. The van der Waals surface area contributed by atoms with E-state index in [0.29, 0.717) is 5.69 Å². The number of allylic oxidation sites excluding steroid dienone is 1. The van der Waals surface area contributed by atoms with Gasteiger partial charge in [0.25, 0.3) is 0 Å². The average Bonchev–Trinajstić information content (AvgIpc) is 2.10. The van der Waals surface area contributed by atoms with E-state index in [2.05, 4.69) is 9.98 Å². The summed E-state index contributed by atoms with van der Waals surface area (Å²) in [6, 6.07) is 1.36. The van der Waals surface area contributed by atoms with Gasteiger partial charge in [-0.25, -0.2) is 4.98 Å². The molecule has 0 unspecified atom stereocenters. The Hall–Kier alpha value is -1.51. The second kappa shape index (κ2) is 4.50. The fraction of sp³-hybridized carbons (Fsp3) is 0.200. The van der Waals surface area contributed by atoms with Crippen LogP contribution in [0.1, 0.15) is 19.4 Å². The lowest BCUT2D eigenvalue weighted by molar-refractivity contribution is 0.583. The third-order valence-electron chi connectivity index (χ3n) is 1.49. The Labute approximate surface area is 76.8 Å². The summed E-state index contributed by atoms with van der Waals surface area (Å²) >= 11 is 0. The number of halogens is 1. The smallest absolute Gasteiger partial charge is 0.213 e. The van der Waals surface area contributed by atoms with Gasteiger partial charge in [0, 0.05) is 17.8 Å². The molecular weight excluding hydrogens is 167 g/mol. The van der Waals surface area contributed by atoms with E-state index in [1.54, 1.807) is 12.3 Å². The van der Waals surface area contributed by atoms with Crippen LogP contribution in [0.25, 0.3) is 6.08 Å². The highest BCUT2D eigenvalue weighted by molar-refractivity contribution is 5.68. The molecule has 1 heterocycles. The monoisotopic (exact) mass is 178 g/mol. The van der Waals surface area contributed by atoms with Crippen LogP contribution in [0.15, 0.2) is 23.3 Å². The van der Waals surface area contributed by atoms with Crippen molar-refractivity contribution < 1.29 is 4.39 Å². The largest absolute Gasteiger partial charge is 0.259 e. The minimum atomic E-state index is -0.483. The van der Waals surface area contributed by atoms with Crippen molar-refractivity contribution in [2.45, 2.75) is 13.8 Å². The predicted molar refractivity (Wildman–Crippen MR) is 52.7 cm³/mol. The Kier molecular flexibility index (Phi) is 3.31. The number of hydrogen-bond donors (Lipinski definition) is 0. The molecule has 0 aliphatic rings. The highest BCUT2D eigenvalue weighted by atomic mass is 19.1. The normalized spacial score (nSPS) is 11.6. The van der Waals surface area contributed by atoms with Gasteiger partial charge in [-0.1, -0.05) is 12.2 Å². The van der Waals surface area contributed by atoms with Crippen LogP contribution in [-0.4, -0.2) is 11.2 Å². The maximum atomic E-state index is 12.7. The third-order valence-corrected chi connectivity index (χ3v) is 1.49. The van der Waals surface area contributed by atoms with Crippen molar-refractivity contribution in [3.05, 3.63) is 29.9 Å². The molecule has 3 heteroatoms. The Morgan fingerprint density at radius 1 is 1.46 bits per heavy atom. The average molecular weight is 178 g/mol. The molecule has 0 N–H and O–H groups in total. The first kappa shape index (κ1) is 9.58. The van der Waals surface area contributed by atoms with Gasteiger partial charge in [-0.15, -0.1) is 0 Å². The van der Waals surface area contributed by atoms with Crippen molar-refractivity contribution in [2.75, 3.05) is 0 Å². The first-order valence-corrected chi connectivity index (χ1v) is 4.05. The fourth-order valence-corrected chi connectivity index (χ4v) is 0.997. The molecule has 1 aromatic heterocycles. The van der Waals surface area contributed by atoms with Crippen molar-refractivity contribution in [1.82, 2.24) is 4.98 Å². The molecule has 0 aliphatic heterocycles. The molecular formula is C10H11FN2. The molecule has 0 saturated heterocycles. The lowest BCUT2D eigenvalue weighted by Crippen LogP contribution is -1.84. The second-order valence-corrected chi connectivity index (χ2v) is 2.45. The molecule has 13 heavy (non-hydrogen) atoms. The molecule has 0 aliphatic carbocycles. The van der Waals surface area contributed by atoms with Crippen LogP contribution in [0.5, 0.6) is 0 Å². The minimum Gasteiger partial charge on any atom is -0.259 e. The van der Waals surface area contributed by atoms with Crippen LogP contribution in [-0.2, 0) is 0 Å². The maximum Gasteiger partial charge on any atom is 0.213 e. The molecule has 68 valence electrons. The molecule has 0 spiro atoms. The maximum absolute atomic E-state index is 12.7. The van der Waals surface area contributed by atoms with E-state index in [0.717, 1.165) is 5.56 Å². The van der Waals surface area contributed by atoms with Crippen molar-refractivity contribution in [1.29, 1.82) is 0 Å². The van der Waals surface area contributed by atoms with Gasteiger partial charge >= 0.3 is 0 Å². The van der Waals surface area contributed by atoms with E-state index in [4.69, 9.17) is 0 Å². The van der Waals surface area contributed by atoms with E-state index < -0.39 is 5.95 Å². The quantitative estimate of drug-likeness (QED) is 0.505. The Bertz CT molecular complexity index is 343. The number of hydrogen-bond acceptors (Lipinski definition) is 2. The summed E-state index contributed by atoms with van der Waals surface area (Å²) in [6.45, 7) is 3.68. The second-order valence-electron chi connectivity index (χ2n) is 2.45. The number of rotatable bonds is 2. The van der Waals surface area contributed by atoms with E-state index in [1.165, 1.54) is 12.3 Å². The van der Waals surface area contributed by atoms with Crippen molar-refractivity contribution >= 4 is 18.0 Å². The predicted octanol–water partition coefficient (Wildman–Crippen LogP) is 2.98. The van der Waals surface area contributed by atoms with Crippen LogP contribution < -0.4 is 0 Å².